The van der Waals surface area contributed by atoms with Crippen molar-refractivity contribution in [2.24, 2.45) is 17.8 Å². The summed E-state index contributed by atoms with van der Waals surface area (Å²) >= 11 is 0. The highest BCUT2D eigenvalue weighted by Gasteiger charge is 2.60. The molecule has 3 aliphatic heterocycles. The zero-order chi connectivity index (χ0) is 19.2. The lowest BCUT2D eigenvalue weighted by molar-refractivity contribution is -0.137. The number of nitrogens with zero attached hydrogens (tertiary/aromatic N) is 5. The van der Waals surface area contributed by atoms with Crippen LogP contribution in [-0.4, -0.2) is 70.3 Å². The molecule has 3 aliphatic rings. The maximum atomic E-state index is 13.0. The van der Waals surface area contributed by atoms with Crippen LogP contribution in [0.2, 0.25) is 0 Å². The lowest BCUT2D eigenvalue weighted by Gasteiger charge is -2.46. The second-order valence-corrected chi connectivity index (χ2v) is 8.65. The molecule has 1 aromatic rings. The Labute approximate surface area is 160 Å². The third-order valence-electron chi connectivity index (χ3n) is 6.73. The van der Waals surface area contributed by atoms with E-state index in [9.17, 15) is 9.59 Å². The van der Waals surface area contributed by atoms with Gasteiger partial charge < -0.3 is 14.7 Å². The Morgan fingerprint density at radius 3 is 2.52 bits per heavy atom. The molecule has 4 heterocycles. The number of carbonyl (C=O) groups is 2. The predicted octanol–water partition coefficient (Wildman–Crippen LogP) is 1.41. The second kappa shape index (κ2) is 6.77. The van der Waals surface area contributed by atoms with Crippen molar-refractivity contribution < 1.29 is 9.59 Å². The fourth-order valence-corrected chi connectivity index (χ4v) is 5.26. The zero-order valence-electron chi connectivity index (χ0n) is 16.5. The van der Waals surface area contributed by atoms with Crippen LogP contribution >= 0.6 is 0 Å². The van der Waals surface area contributed by atoms with Crippen molar-refractivity contribution in [2.45, 2.75) is 38.6 Å². The van der Waals surface area contributed by atoms with Gasteiger partial charge in [-0.05, 0) is 24.8 Å². The molecule has 4 rings (SSSR count). The van der Waals surface area contributed by atoms with Gasteiger partial charge in [0.25, 0.3) is 0 Å². The summed E-state index contributed by atoms with van der Waals surface area (Å²) in [5.74, 6) is 1.86. The molecule has 7 nitrogen and oxygen atoms in total. The van der Waals surface area contributed by atoms with Crippen LogP contribution in [0.1, 0.15) is 33.1 Å². The standard InChI is InChI=1S/C20H29N5O2/c1-14(2)11-17(26)24-9-5-20(6-10-24)16-13-25(19-21-7-4-8-22-19)12-15(16)18(27)23(20)3/h4,7-8,14-16H,5-6,9-13H2,1-3H3/t15-,16+/m1/s1. The Morgan fingerprint density at radius 2 is 1.89 bits per heavy atom. The highest BCUT2D eigenvalue weighted by atomic mass is 16.2. The number of rotatable bonds is 3. The van der Waals surface area contributed by atoms with Crippen molar-refractivity contribution in [3.63, 3.8) is 0 Å². The van der Waals surface area contributed by atoms with E-state index in [1.165, 1.54) is 0 Å². The maximum Gasteiger partial charge on any atom is 0.228 e. The van der Waals surface area contributed by atoms with Crippen molar-refractivity contribution >= 4 is 17.8 Å². The van der Waals surface area contributed by atoms with E-state index in [1.54, 1.807) is 12.4 Å². The van der Waals surface area contributed by atoms with Gasteiger partial charge >= 0.3 is 0 Å². The summed E-state index contributed by atoms with van der Waals surface area (Å²) in [5.41, 5.74) is -0.139. The fraction of sp³-hybridized carbons (Fsp3) is 0.700. The van der Waals surface area contributed by atoms with Crippen LogP contribution in [0.4, 0.5) is 5.95 Å². The van der Waals surface area contributed by atoms with E-state index in [0.29, 0.717) is 24.8 Å². The van der Waals surface area contributed by atoms with Gasteiger partial charge in [0, 0.05) is 58.0 Å². The molecule has 7 heteroatoms. The summed E-state index contributed by atoms with van der Waals surface area (Å²) in [4.78, 5) is 40.3. The van der Waals surface area contributed by atoms with Crippen LogP contribution < -0.4 is 4.90 Å². The highest BCUT2D eigenvalue weighted by Crippen LogP contribution is 2.49. The number of carbonyl (C=O) groups excluding carboxylic acids is 2. The lowest BCUT2D eigenvalue weighted by Crippen LogP contribution is -2.56. The summed E-state index contributed by atoms with van der Waals surface area (Å²) in [5, 5.41) is 0. The molecule has 0 radical (unpaired) electrons. The Kier molecular flexibility index (Phi) is 4.56. The van der Waals surface area contributed by atoms with Gasteiger partial charge in [0.15, 0.2) is 0 Å². The summed E-state index contributed by atoms with van der Waals surface area (Å²) in [6.45, 7) is 7.15. The SMILES string of the molecule is CC(C)CC(=O)N1CCC2(CC1)[C@H]1CN(c3ncccn3)C[C@H]1C(=O)N2C. The van der Waals surface area contributed by atoms with Crippen LogP contribution in [0.25, 0.3) is 0 Å². The first-order valence-electron chi connectivity index (χ1n) is 10.00. The molecule has 0 bridgehead atoms. The molecule has 3 fully saturated rings. The molecule has 2 atom stereocenters. The maximum absolute atomic E-state index is 13.0. The molecule has 27 heavy (non-hydrogen) atoms. The fourth-order valence-electron chi connectivity index (χ4n) is 5.26. The molecule has 0 unspecified atom stereocenters. The number of hydrogen-bond acceptors (Lipinski definition) is 5. The molecular formula is C20H29N5O2. The van der Waals surface area contributed by atoms with Gasteiger partial charge in [0.1, 0.15) is 0 Å². The largest absolute Gasteiger partial charge is 0.343 e. The monoisotopic (exact) mass is 371 g/mol. The minimum absolute atomic E-state index is 0.0109. The van der Waals surface area contributed by atoms with Crippen LogP contribution in [-0.2, 0) is 9.59 Å². The van der Waals surface area contributed by atoms with Gasteiger partial charge in [0.05, 0.1) is 11.5 Å². The van der Waals surface area contributed by atoms with E-state index in [1.807, 2.05) is 22.9 Å². The van der Waals surface area contributed by atoms with Crippen LogP contribution in [0, 0.1) is 17.8 Å². The number of hydrogen-bond donors (Lipinski definition) is 0. The van der Waals surface area contributed by atoms with E-state index < -0.39 is 0 Å². The average Bonchev–Trinajstić information content (AvgIpc) is 3.19. The number of likely N-dealkylation sites (tertiary alicyclic amines) is 2. The number of piperidine rings is 1. The van der Waals surface area contributed by atoms with Crippen LogP contribution in [0.5, 0.6) is 0 Å². The first-order valence-corrected chi connectivity index (χ1v) is 10.00. The first kappa shape index (κ1) is 18.2. The minimum atomic E-state index is -0.139. The molecular weight excluding hydrogens is 342 g/mol. The highest BCUT2D eigenvalue weighted by molar-refractivity contribution is 5.84. The molecule has 0 N–H and O–H groups in total. The number of aromatic nitrogens is 2. The summed E-state index contributed by atoms with van der Waals surface area (Å²) in [6, 6.07) is 1.81. The molecule has 1 aromatic heterocycles. The quantitative estimate of drug-likeness (QED) is 0.803. The van der Waals surface area contributed by atoms with Gasteiger partial charge in [-0.15, -0.1) is 0 Å². The zero-order valence-corrected chi connectivity index (χ0v) is 16.5. The predicted molar refractivity (Wildman–Crippen MR) is 102 cm³/mol. The third kappa shape index (κ3) is 2.97. The Balaban J connectivity index is 1.50. The van der Waals surface area contributed by atoms with E-state index in [-0.39, 0.29) is 29.2 Å². The van der Waals surface area contributed by atoms with Crippen molar-refractivity contribution in [2.75, 3.05) is 38.1 Å². The second-order valence-electron chi connectivity index (χ2n) is 8.65. The van der Waals surface area contributed by atoms with Gasteiger partial charge in [-0.3, -0.25) is 9.59 Å². The van der Waals surface area contributed by atoms with Crippen LogP contribution in [0.15, 0.2) is 18.5 Å². The van der Waals surface area contributed by atoms with Gasteiger partial charge in [-0.2, -0.15) is 0 Å². The van der Waals surface area contributed by atoms with Gasteiger partial charge in [-0.25, -0.2) is 9.97 Å². The minimum Gasteiger partial charge on any atom is -0.343 e. The van der Waals surface area contributed by atoms with Crippen molar-refractivity contribution in [1.82, 2.24) is 19.8 Å². The Morgan fingerprint density at radius 1 is 1.22 bits per heavy atom. The van der Waals surface area contributed by atoms with Crippen molar-refractivity contribution in [3.05, 3.63) is 18.5 Å². The normalized spacial score (nSPS) is 27.0. The Hall–Kier alpha value is -2.18. The Bertz CT molecular complexity index is 714. The summed E-state index contributed by atoms with van der Waals surface area (Å²) < 4.78 is 0. The average molecular weight is 371 g/mol. The molecule has 3 saturated heterocycles. The smallest absolute Gasteiger partial charge is 0.228 e. The van der Waals surface area contributed by atoms with E-state index >= 15 is 0 Å². The summed E-state index contributed by atoms with van der Waals surface area (Å²) in [7, 11) is 1.95. The molecule has 146 valence electrons. The molecule has 1 spiro atoms. The summed E-state index contributed by atoms with van der Waals surface area (Å²) in [6.07, 6.45) is 5.83. The van der Waals surface area contributed by atoms with E-state index in [0.717, 1.165) is 32.5 Å². The first-order chi connectivity index (χ1) is 12.9. The van der Waals surface area contributed by atoms with E-state index in [4.69, 9.17) is 0 Å². The molecule has 0 aliphatic carbocycles. The third-order valence-corrected chi connectivity index (χ3v) is 6.73. The van der Waals surface area contributed by atoms with E-state index in [2.05, 4.69) is 28.7 Å². The number of amides is 2. The van der Waals surface area contributed by atoms with Crippen molar-refractivity contribution in [3.8, 4) is 0 Å². The number of anilines is 1. The molecule has 2 amide bonds. The van der Waals surface area contributed by atoms with Crippen molar-refractivity contribution in [1.29, 1.82) is 0 Å². The molecule has 0 saturated carbocycles. The lowest BCUT2D eigenvalue weighted by atomic mass is 9.75. The van der Waals surface area contributed by atoms with Gasteiger partial charge in [0.2, 0.25) is 17.8 Å². The van der Waals surface area contributed by atoms with Crippen LogP contribution in [0.3, 0.4) is 0 Å². The molecule has 0 aromatic carbocycles. The topological polar surface area (TPSA) is 69.6 Å². The van der Waals surface area contributed by atoms with Gasteiger partial charge in [-0.1, -0.05) is 13.8 Å². The number of fused-ring (bicyclic) bond motifs is 2.